The van der Waals surface area contributed by atoms with Gasteiger partial charge in [-0.2, -0.15) is 5.26 Å². The van der Waals surface area contributed by atoms with Gasteiger partial charge < -0.3 is 15.0 Å². The highest BCUT2D eigenvalue weighted by Crippen LogP contribution is 2.51. The fraction of sp³-hybridized carbons (Fsp3) is 0.517. The zero-order chi connectivity index (χ0) is 23.4. The van der Waals surface area contributed by atoms with E-state index in [0.717, 1.165) is 43.9 Å². The van der Waals surface area contributed by atoms with E-state index in [9.17, 15) is 4.79 Å². The Labute approximate surface area is 203 Å². The first-order chi connectivity index (χ1) is 16.7. The Kier molecular flexibility index (Phi) is 6.87. The number of amides is 1. The number of rotatable bonds is 7. The molecule has 1 atom stereocenters. The van der Waals surface area contributed by atoms with Gasteiger partial charge in [-0.25, -0.2) is 0 Å². The predicted octanol–water partition coefficient (Wildman–Crippen LogP) is 4.91. The summed E-state index contributed by atoms with van der Waals surface area (Å²) in [5.41, 5.74) is 2.97. The number of nitrogens with one attached hydrogen (secondary N) is 1. The van der Waals surface area contributed by atoms with Crippen LogP contribution in [-0.4, -0.2) is 43.6 Å². The molecule has 2 fully saturated rings. The van der Waals surface area contributed by atoms with Crippen LogP contribution in [0.3, 0.4) is 0 Å². The van der Waals surface area contributed by atoms with Crippen molar-refractivity contribution in [2.75, 3.05) is 32.8 Å². The number of carbonyl (C=O) groups excluding carboxylic acids is 1. The Morgan fingerprint density at radius 2 is 1.71 bits per heavy atom. The first kappa shape index (κ1) is 22.9. The van der Waals surface area contributed by atoms with Gasteiger partial charge in [-0.3, -0.25) is 4.79 Å². The number of ether oxygens (including phenoxy) is 1. The third-order valence-corrected chi connectivity index (χ3v) is 8.49. The Hall–Kier alpha value is -2.84. The Balaban J connectivity index is 1.20. The molecule has 178 valence electrons. The second-order valence-corrected chi connectivity index (χ2v) is 10.2. The van der Waals surface area contributed by atoms with Crippen molar-refractivity contribution in [1.29, 1.82) is 5.26 Å². The van der Waals surface area contributed by atoms with Crippen LogP contribution in [0.2, 0.25) is 0 Å². The standard InChI is InChI=1S/C29H35N3O2/c30-20-22-10-12-25(13-11-22)34-19-5-16-32-17-14-24(15-18-32)29(23-6-1-2-7-23)21-31-28(33)26-8-3-4-9-27(26)29/h3-4,8-13,23-24H,1-2,5-7,14-19,21H2,(H,31,33). The van der Waals surface area contributed by atoms with E-state index in [4.69, 9.17) is 10.00 Å². The quantitative estimate of drug-likeness (QED) is 0.600. The average molecular weight is 458 g/mol. The molecule has 1 aliphatic carbocycles. The Bertz CT molecular complexity index is 1030. The second kappa shape index (κ2) is 10.2. The molecule has 1 amide bonds. The van der Waals surface area contributed by atoms with Crippen molar-refractivity contribution < 1.29 is 9.53 Å². The number of hydrogen-bond donors (Lipinski definition) is 1. The van der Waals surface area contributed by atoms with Gasteiger partial charge in [-0.05, 0) is 92.9 Å². The molecule has 1 saturated heterocycles. The first-order valence-electron chi connectivity index (χ1n) is 12.9. The number of hydrogen-bond acceptors (Lipinski definition) is 4. The van der Waals surface area contributed by atoms with Crippen LogP contribution in [0.5, 0.6) is 5.75 Å². The van der Waals surface area contributed by atoms with Crippen LogP contribution in [0.25, 0.3) is 0 Å². The molecular weight excluding hydrogens is 422 g/mol. The van der Waals surface area contributed by atoms with E-state index in [1.165, 1.54) is 44.1 Å². The summed E-state index contributed by atoms with van der Waals surface area (Å²) < 4.78 is 5.87. The number of benzene rings is 2. The summed E-state index contributed by atoms with van der Waals surface area (Å²) in [5.74, 6) is 2.22. The van der Waals surface area contributed by atoms with Gasteiger partial charge >= 0.3 is 0 Å². The molecule has 2 heterocycles. The van der Waals surface area contributed by atoms with Gasteiger partial charge in [0, 0.05) is 24.1 Å². The molecule has 0 radical (unpaired) electrons. The molecule has 5 nitrogen and oxygen atoms in total. The van der Waals surface area contributed by atoms with Crippen molar-refractivity contribution in [1.82, 2.24) is 10.2 Å². The van der Waals surface area contributed by atoms with Crippen LogP contribution >= 0.6 is 0 Å². The zero-order valence-electron chi connectivity index (χ0n) is 20.0. The van der Waals surface area contributed by atoms with E-state index in [-0.39, 0.29) is 11.3 Å². The highest BCUT2D eigenvalue weighted by atomic mass is 16.5. The summed E-state index contributed by atoms with van der Waals surface area (Å²) in [6.07, 6.45) is 8.60. The first-order valence-corrected chi connectivity index (χ1v) is 12.9. The molecule has 1 saturated carbocycles. The summed E-state index contributed by atoms with van der Waals surface area (Å²) in [5, 5.41) is 12.2. The molecular formula is C29H35N3O2. The topological polar surface area (TPSA) is 65.4 Å². The summed E-state index contributed by atoms with van der Waals surface area (Å²) in [6, 6.07) is 17.9. The van der Waals surface area contributed by atoms with Gasteiger partial charge in [0.25, 0.3) is 5.91 Å². The number of nitrogens with zero attached hydrogens (tertiary/aromatic N) is 2. The second-order valence-electron chi connectivity index (χ2n) is 10.2. The lowest BCUT2D eigenvalue weighted by Gasteiger charge is -2.51. The lowest BCUT2D eigenvalue weighted by Crippen LogP contribution is -2.57. The Morgan fingerprint density at radius 1 is 1.00 bits per heavy atom. The molecule has 1 unspecified atom stereocenters. The number of likely N-dealkylation sites (tertiary alicyclic amines) is 1. The zero-order valence-corrected chi connectivity index (χ0v) is 20.0. The maximum absolute atomic E-state index is 12.7. The van der Waals surface area contributed by atoms with E-state index in [0.29, 0.717) is 24.0 Å². The van der Waals surface area contributed by atoms with Crippen molar-refractivity contribution >= 4 is 5.91 Å². The van der Waals surface area contributed by atoms with Crippen molar-refractivity contribution in [2.45, 2.75) is 50.4 Å². The monoisotopic (exact) mass is 457 g/mol. The minimum absolute atomic E-state index is 0.0891. The summed E-state index contributed by atoms with van der Waals surface area (Å²) in [4.78, 5) is 15.2. The third kappa shape index (κ3) is 4.44. The van der Waals surface area contributed by atoms with Crippen LogP contribution in [0.15, 0.2) is 48.5 Å². The van der Waals surface area contributed by atoms with E-state index in [2.05, 4.69) is 28.4 Å². The van der Waals surface area contributed by atoms with Gasteiger partial charge in [0.1, 0.15) is 5.75 Å². The molecule has 0 bridgehead atoms. The van der Waals surface area contributed by atoms with E-state index in [1.807, 2.05) is 24.3 Å². The Morgan fingerprint density at radius 3 is 2.44 bits per heavy atom. The van der Waals surface area contributed by atoms with Crippen LogP contribution in [0.4, 0.5) is 0 Å². The highest BCUT2D eigenvalue weighted by Gasteiger charge is 2.51. The number of carbonyl (C=O) groups is 1. The third-order valence-electron chi connectivity index (χ3n) is 8.49. The number of fused-ring (bicyclic) bond motifs is 1. The molecule has 3 aliphatic rings. The number of piperidine rings is 1. The van der Waals surface area contributed by atoms with E-state index < -0.39 is 0 Å². The fourth-order valence-corrected chi connectivity index (χ4v) is 6.78. The van der Waals surface area contributed by atoms with Crippen LogP contribution < -0.4 is 10.1 Å². The van der Waals surface area contributed by atoms with Crippen molar-refractivity contribution in [2.24, 2.45) is 11.8 Å². The highest BCUT2D eigenvalue weighted by molar-refractivity contribution is 5.97. The molecule has 2 aliphatic heterocycles. The summed E-state index contributed by atoms with van der Waals surface area (Å²) >= 11 is 0. The molecule has 2 aromatic carbocycles. The molecule has 1 N–H and O–H groups in total. The predicted molar refractivity (Wildman–Crippen MR) is 133 cm³/mol. The smallest absolute Gasteiger partial charge is 0.251 e. The number of nitriles is 1. The molecule has 2 aromatic rings. The molecule has 5 heteroatoms. The van der Waals surface area contributed by atoms with Crippen LogP contribution in [0.1, 0.15) is 66.4 Å². The van der Waals surface area contributed by atoms with E-state index >= 15 is 0 Å². The van der Waals surface area contributed by atoms with Gasteiger partial charge in [0.2, 0.25) is 0 Å². The molecule has 0 aromatic heterocycles. The fourth-order valence-electron chi connectivity index (χ4n) is 6.78. The lowest BCUT2D eigenvalue weighted by molar-refractivity contribution is 0.0675. The van der Waals surface area contributed by atoms with Crippen LogP contribution in [-0.2, 0) is 5.41 Å². The van der Waals surface area contributed by atoms with Gasteiger partial charge in [-0.15, -0.1) is 0 Å². The normalized spacial score (nSPS) is 23.8. The molecule has 34 heavy (non-hydrogen) atoms. The van der Waals surface area contributed by atoms with Crippen molar-refractivity contribution in [3.05, 3.63) is 65.2 Å². The average Bonchev–Trinajstić information content (AvgIpc) is 3.44. The summed E-state index contributed by atoms with van der Waals surface area (Å²) in [6.45, 7) is 4.78. The largest absolute Gasteiger partial charge is 0.494 e. The SMILES string of the molecule is N#Cc1ccc(OCCCN2CCC(C3(C4CCCC4)CNC(=O)c4ccccc43)CC2)cc1. The van der Waals surface area contributed by atoms with Gasteiger partial charge in [-0.1, -0.05) is 31.0 Å². The van der Waals surface area contributed by atoms with Gasteiger partial charge in [0.15, 0.2) is 0 Å². The lowest BCUT2D eigenvalue weighted by atomic mass is 9.57. The molecule has 5 rings (SSSR count). The van der Waals surface area contributed by atoms with E-state index in [1.54, 1.807) is 12.1 Å². The summed E-state index contributed by atoms with van der Waals surface area (Å²) in [7, 11) is 0. The van der Waals surface area contributed by atoms with Crippen molar-refractivity contribution in [3.8, 4) is 11.8 Å². The van der Waals surface area contributed by atoms with Crippen molar-refractivity contribution in [3.63, 3.8) is 0 Å². The van der Waals surface area contributed by atoms with Crippen LogP contribution in [0, 0.1) is 23.2 Å². The maximum atomic E-state index is 12.7. The minimum atomic E-state index is 0.0891. The maximum Gasteiger partial charge on any atom is 0.251 e. The van der Waals surface area contributed by atoms with Gasteiger partial charge in [0.05, 0.1) is 18.2 Å². The molecule has 0 spiro atoms. The minimum Gasteiger partial charge on any atom is -0.494 e.